The van der Waals surface area contributed by atoms with Crippen molar-refractivity contribution in [2.75, 3.05) is 19.6 Å². The number of nitrogens with two attached hydrogens (primary N) is 1. The third-order valence-electron chi connectivity index (χ3n) is 3.78. The van der Waals surface area contributed by atoms with Crippen molar-refractivity contribution < 1.29 is 16.8 Å². The fourth-order valence-corrected chi connectivity index (χ4v) is 5.38. The van der Waals surface area contributed by atoms with Crippen LogP contribution in [0.3, 0.4) is 0 Å². The van der Waals surface area contributed by atoms with Crippen molar-refractivity contribution in [1.29, 1.82) is 0 Å². The number of nitrogens with one attached hydrogen (secondary N) is 1. The number of hydrogen-bond acceptors (Lipinski definition) is 5. The van der Waals surface area contributed by atoms with Crippen LogP contribution in [0, 0.1) is 0 Å². The fourth-order valence-electron chi connectivity index (χ4n) is 2.44. The number of sulfonamides is 2. The Morgan fingerprint density at radius 2 is 1.71 bits per heavy atom. The van der Waals surface area contributed by atoms with Gasteiger partial charge in [0, 0.05) is 25.7 Å². The first-order valence-corrected chi connectivity index (χ1v) is 10.5. The molecule has 7 nitrogen and oxygen atoms in total. The van der Waals surface area contributed by atoms with Gasteiger partial charge in [-0.05, 0) is 38.0 Å². The highest BCUT2D eigenvalue weighted by molar-refractivity contribution is 7.90. The van der Waals surface area contributed by atoms with E-state index in [0.29, 0.717) is 13.1 Å². The molecule has 0 aliphatic carbocycles. The monoisotopic (exact) mass is 397 g/mol. The summed E-state index contributed by atoms with van der Waals surface area (Å²) >= 11 is 0. The summed E-state index contributed by atoms with van der Waals surface area (Å²) in [5.41, 5.74) is 5.42. The Kier molecular flexibility index (Phi) is 7.64. The van der Waals surface area contributed by atoms with Crippen molar-refractivity contribution >= 4 is 32.5 Å². The summed E-state index contributed by atoms with van der Waals surface area (Å²) in [6.07, 6.45) is 2.67. The largest absolute Gasteiger partial charge is 0.329 e. The van der Waals surface area contributed by atoms with E-state index in [0.717, 1.165) is 19.3 Å². The van der Waals surface area contributed by atoms with Crippen LogP contribution >= 0.6 is 12.4 Å². The summed E-state index contributed by atoms with van der Waals surface area (Å²) in [6.45, 7) is 2.75. The molecule has 138 valence electrons. The zero-order chi connectivity index (χ0) is 17.1. The second kappa shape index (κ2) is 8.59. The van der Waals surface area contributed by atoms with Crippen molar-refractivity contribution in [2.24, 2.45) is 5.73 Å². The van der Waals surface area contributed by atoms with Crippen LogP contribution in [0.25, 0.3) is 0 Å². The molecule has 0 radical (unpaired) electrons. The molecule has 24 heavy (non-hydrogen) atoms. The quantitative estimate of drug-likeness (QED) is 0.741. The lowest BCUT2D eigenvalue weighted by Gasteiger charge is -2.26. The minimum absolute atomic E-state index is 0. The van der Waals surface area contributed by atoms with Crippen molar-refractivity contribution in [2.45, 2.75) is 42.0 Å². The summed E-state index contributed by atoms with van der Waals surface area (Å²) in [5, 5.41) is 0. The van der Waals surface area contributed by atoms with Crippen LogP contribution in [-0.2, 0) is 20.0 Å². The topological polar surface area (TPSA) is 110 Å². The van der Waals surface area contributed by atoms with Gasteiger partial charge in [-0.25, -0.2) is 21.6 Å². The molecule has 3 N–H and O–H groups in total. The maximum atomic E-state index is 12.6. The van der Waals surface area contributed by atoms with E-state index in [-0.39, 0.29) is 28.7 Å². The first-order chi connectivity index (χ1) is 10.8. The molecule has 1 heterocycles. The normalized spacial score (nSPS) is 17.9. The molecule has 1 saturated heterocycles. The molecule has 10 heteroatoms. The van der Waals surface area contributed by atoms with Gasteiger partial charge in [0.1, 0.15) is 0 Å². The first kappa shape index (κ1) is 21.3. The molecule has 2 rings (SSSR count). The molecular weight excluding hydrogens is 374 g/mol. The molecule has 1 aromatic rings. The predicted molar refractivity (Wildman–Crippen MR) is 95.1 cm³/mol. The average Bonchev–Trinajstić information content (AvgIpc) is 2.55. The molecule has 0 amide bonds. The van der Waals surface area contributed by atoms with Crippen LogP contribution < -0.4 is 10.5 Å². The smallest absolute Gasteiger partial charge is 0.243 e. The fraction of sp³-hybridized carbons (Fsp3) is 0.571. The van der Waals surface area contributed by atoms with Crippen LogP contribution in [0.15, 0.2) is 34.1 Å². The van der Waals surface area contributed by atoms with Crippen LogP contribution in [0.2, 0.25) is 0 Å². The molecule has 1 aromatic carbocycles. The summed E-state index contributed by atoms with van der Waals surface area (Å²) in [6, 6.07) is 5.02. The van der Waals surface area contributed by atoms with Crippen LogP contribution in [-0.4, -0.2) is 46.8 Å². The van der Waals surface area contributed by atoms with Gasteiger partial charge >= 0.3 is 0 Å². The van der Waals surface area contributed by atoms with E-state index in [9.17, 15) is 16.8 Å². The van der Waals surface area contributed by atoms with E-state index in [4.69, 9.17) is 5.73 Å². The van der Waals surface area contributed by atoms with E-state index < -0.39 is 26.1 Å². The number of halogens is 1. The minimum atomic E-state index is -3.80. The molecule has 1 fully saturated rings. The number of rotatable bonds is 6. The maximum absolute atomic E-state index is 12.6. The van der Waals surface area contributed by atoms with Gasteiger partial charge < -0.3 is 5.73 Å². The molecule has 1 aliphatic heterocycles. The van der Waals surface area contributed by atoms with Gasteiger partial charge in [0.15, 0.2) is 0 Å². The Bertz CT molecular complexity index is 747. The summed E-state index contributed by atoms with van der Waals surface area (Å²) in [4.78, 5) is -0.0708. The Balaban J connectivity index is 0.00000288. The molecule has 1 atom stereocenters. The van der Waals surface area contributed by atoms with E-state index in [1.54, 1.807) is 6.92 Å². The second-order valence-electron chi connectivity index (χ2n) is 5.70. The van der Waals surface area contributed by atoms with Crippen LogP contribution in [0.1, 0.15) is 26.2 Å². The zero-order valence-electron chi connectivity index (χ0n) is 13.5. The molecule has 0 aromatic heterocycles. The summed E-state index contributed by atoms with van der Waals surface area (Å²) < 4.78 is 53.7. The van der Waals surface area contributed by atoms with Gasteiger partial charge in [0.05, 0.1) is 9.79 Å². The lowest BCUT2D eigenvalue weighted by molar-refractivity contribution is 0.346. The third-order valence-corrected chi connectivity index (χ3v) is 7.26. The average molecular weight is 398 g/mol. The Morgan fingerprint density at radius 1 is 1.12 bits per heavy atom. The first-order valence-electron chi connectivity index (χ1n) is 7.60. The van der Waals surface area contributed by atoms with Gasteiger partial charge in [0.2, 0.25) is 20.0 Å². The molecule has 0 saturated carbocycles. The second-order valence-corrected chi connectivity index (χ2v) is 9.35. The highest BCUT2D eigenvalue weighted by Crippen LogP contribution is 2.22. The molecule has 0 spiro atoms. The summed E-state index contributed by atoms with van der Waals surface area (Å²) in [7, 11) is -7.46. The molecule has 0 unspecified atom stereocenters. The van der Waals surface area contributed by atoms with Gasteiger partial charge in [-0.2, -0.15) is 4.31 Å². The number of piperidine rings is 1. The molecule has 0 bridgehead atoms. The van der Waals surface area contributed by atoms with Crippen LogP contribution in [0.4, 0.5) is 0 Å². The Labute approximate surface area is 150 Å². The van der Waals surface area contributed by atoms with Crippen molar-refractivity contribution in [1.82, 2.24) is 9.03 Å². The van der Waals surface area contributed by atoms with E-state index >= 15 is 0 Å². The van der Waals surface area contributed by atoms with Crippen molar-refractivity contribution in [3.63, 3.8) is 0 Å². The number of benzene rings is 1. The Morgan fingerprint density at radius 3 is 2.29 bits per heavy atom. The van der Waals surface area contributed by atoms with Gasteiger partial charge in [0.25, 0.3) is 0 Å². The van der Waals surface area contributed by atoms with E-state index in [2.05, 4.69) is 4.72 Å². The van der Waals surface area contributed by atoms with E-state index in [1.807, 2.05) is 0 Å². The zero-order valence-corrected chi connectivity index (χ0v) is 16.0. The van der Waals surface area contributed by atoms with Gasteiger partial charge in [-0.1, -0.05) is 12.5 Å². The van der Waals surface area contributed by atoms with Crippen molar-refractivity contribution in [3.8, 4) is 0 Å². The predicted octanol–water partition coefficient (Wildman–Crippen LogP) is 0.908. The van der Waals surface area contributed by atoms with Crippen molar-refractivity contribution in [3.05, 3.63) is 24.3 Å². The standard InChI is InChI=1S/C14H23N3O4S2.ClH/c1-12(11-15)16-22(18,19)13-6-5-7-14(10-13)23(20,21)17-8-3-2-4-9-17;/h5-7,10,12,16H,2-4,8-9,11,15H2,1H3;1H/t12-;/m0./s1. The minimum Gasteiger partial charge on any atom is -0.329 e. The Hall–Kier alpha value is -0.710. The number of nitrogens with zero attached hydrogens (tertiary/aromatic N) is 1. The van der Waals surface area contributed by atoms with Gasteiger partial charge in [-0.3, -0.25) is 0 Å². The maximum Gasteiger partial charge on any atom is 0.243 e. The lowest BCUT2D eigenvalue weighted by atomic mass is 10.2. The molecular formula is C14H24ClN3O4S2. The lowest BCUT2D eigenvalue weighted by Crippen LogP contribution is -2.38. The highest BCUT2D eigenvalue weighted by Gasteiger charge is 2.27. The van der Waals surface area contributed by atoms with Gasteiger partial charge in [-0.15, -0.1) is 12.4 Å². The van der Waals surface area contributed by atoms with Crippen LogP contribution in [0.5, 0.6) is 0 Å². The number of hydrogen-bond donors (Lipinski definition) is 2. The summed E-state index contributed by atoms with van der Waals surface area (Å²) in [5.74, 6) is 0. The third kappa shape index (κ3) is 4.90. The highest BCUT2D eigenvalue weighted by atomic mass is 35.5. The van der Waals surface area contributed by atoms with E-state index in [1.165, 1.54) is 28.6 Å². The molecule has 1 aliphatic rings. The SMILES string of the molecule is C[C@@H](CN)NS(=O)(=O)c1cccc(S(=O)(=O)N2CCCCC2)c1.Cl.